The molecule has 0 fully saturated rings. The van der Waals surface area contributed by atoms with Gasteiger partial charge in [-0.3, -0.25) is 4.79 Å². The fraction of sp³-hybridized carbons (Fsp3) is 0.667. The predicted molar refractivity (Wildman–Crippen MR) is 69.5 cm³/mol. The van der Waals surface area contributed by atoms with E-state index in [2.05, 4.69) is 5.10 Å². The van der Waals surface area contributed by atoms with E-state index < -0.39 is 11.4 Å². The van der Waals surface area contributed by atoms with Gasteiger partial charge in [-0.2, -0.15) is 5.10 Å². The number of rotatable bonds is 6. The van der Waals surface area contributed by atoms with E-state index in [1.165, 1.54) is 4.68 Å². The highest BCUT2D eigenvalue weighted by Crippen LogP contribution is 2.22. The first kappa shape index (κ1) is 14.5. The molecule has 0 unspecified atom stereocenters. The molecule has 1 heterocycles. The molecule has 0 aliphatic rings. The van der Waals surface area contributed by atoms with E-state index in [0.29, 0.717) is 23.7 Å². The number of primary amides is 1. The van der Waals surface area contributed by atoms with Crippen LogP contribution in [0.25, 0.3) is 0 Å². The van der Waals surface area contributed by atoms with E-state index in [1.54, 1.807) is 14.0 Å². The van der Waals surface area contributed by atoms with Gasteiger partial charge in [0.25, 0.3) is 5.91 Å². The van der Waals surface area contributed by atoms with Crippen molar-refractivity contribution >= 4 is 5.91 Å². The van der Waals surface area contributed by atoms with Crippen LogP contribution in [0.1, 0.15) is 42.7 Å². The number of carbonyl (C=O) groups is 1. The van der Waals surface area contributed by atoms with Gasteiger partial charge in [0.15, 0.2) is 0 Å². The van der Waals surface area contributed by atoms with Crippen LogP contribution in [0, 0.1) is 6.92 Å². The Morgan fingerprint density at radius 2 is 2.00 bits per heavy atom. The Balaban J connectivity index is 2.95. The molecule has 6 nitrogen and oxygen atoms in total. The van der Waals surface area contributed by atoms with E-state index in [0.717, 1.165) is 12.8 Å². The summed E-state index contributed by atoms with van der Waals surface area (Å²) < 4.78 is 7.19. The summed E-state index contributed by atoms with van der Waals surface area (Å²) in [6.07, 6.45) is 1.60. The molecule has 1 aromatic heterocycles. The zero-order valence-corrected chi connectivity index (χ0v) is 11.5. The van der Waals surface area contributed by atoms with Gasteiger partial charge in [-0.15, -0.1) is 0 Å². The summed E-state index contributed by atoms with van der Waals surface area (Å²) in [5.41, 5.74) is 12.0. The van der Waals surface area contributed by atoms with Crippen molar-refractivity contribution in [2.24, 2.45) is 18.5 Å². The minimum atomic E-state index is -0.536. The third kappa shape index (κ3) is 2.81. The van der Waals surface area contributed by atoms with E-state index in [-0.39, 0.29) is 0 Å². The van der Waals surface area contributed by atoms with Gasteiger partial charge in [-0.1, -0.05) is 13.8 Å². The summed E-state index contributed by atoms with van der Waals surface area (Å²) in [6, 6.07) is 0. The number of hydrogen-bond donors (Lipinski definition) is 2. The lowest BCUT2D eigenvalue weighted by molar-refractivity contribution is 0.0992. The molecule has 0 saturated heterocycles. The Morgan fingerprint density at radius 1 is 1.44 bits per heavy atom. The monoisotopic (exact) mass is 254 g/mol. The first-order valence-electron chi connectivity index (χ1n) is 6.09. The molecule has 6 heteroatoms. The predicted octanol–water partition coefficient (Wildman–Crippen LogP) is 0.724. The minimum absolute atomic E-state index is 0.326. The van der Waals surface area contributed by atoms with Crippen LogP contribution in [0.5, 0.6) is 5.88 Å². The molecule has 0 bridgehead atoms. The molecular formula is C12H22N4O2. The standard InChI is InChI=1S/C12H22N4O2/c1-5-12(14,6-2)7-18-11-9(10(13)17)8(3)15-16(11)4/h5-7,14H2,1-4H3,(H2,13,17). The highest BCUT2D eigenvalue weighted by atomic mass is 16.5. The molecule has 0 aliphatic carbocycles. The molecule has 4 N–H and O–H groups in total. The van der Waals surface area contributed by atoms with Crippen LogP contribution in [0.2, 0.25) is 0 Å². The first-order chi connectivity index (χ1) is 8.34. The lowest BCUT2D eigenvalue weighted by Crippen LogP contribution is -2.44. The molecule has 0 atom stereocenters. The van der Waals surface area contributed by atoms with E-state index in [4.69, 9.17) is 16.2 Å². The average Bonchev–Trinajstić information content (AvgIpc) is 2.61. The minimum Gasteiger partial charge on any atom is -0.475 e. The Morgan fingerprint density at radius 3 is 2.44 bits per heavy atom. The van der Waals surface area contributed by atoms with Gasteiger partial charge < -0.3 is 16.2 Å². The van der Waals surface area contributed by atoms with Gasteiger partial charge in [0.05, 0.1) is 5.69 Å². The molecule has 0 spiro atoms. The van der Waals surface area contributed by atoms with Crippen LogP contribution in [-0.2, 0) is 7.05 Å². The van der Waals surface area contributed by atoms with Crippen LogP contribution in [0.15, 0.2) is 0 Å². The van der Waals surface area contributed by atoms with Crippen LogP contribution in [0.3, 0.4) is 0 Å². The maximum absolute atomic E-state index is 11.4. The molecular weight excluding hydrogens is 232 g/mol. The van der Waals surface area contributed by atoms with Gasteiger partial charge in [0.2, 0.25) is 5.88 Å². The van der Waals surface area contributed by atoms with Crippen LogP contribution in [0.4, 0.5) is 0 Å². The number of aromatic nitrogens is 2. The topological polar surface area (TPSA) is 96.2 Å². The normalized spacial score (nSPS) is 11.6. The van der Waals surface area contributed by atoms with Gasteiger partial charge in [-0.05, 0) is 19.8 Å². The molecule has 18 heavy (non-hydrogen) atoms. The quantitative estimate of drug-likeness (QED) is 0.782. The summed E-state index contributed by atoms with van der Waals surface area (Å²) in [5.74, 6) is -0.150. The van der Waals surface area contributed by atoms with Crippen LogP contribution >= 0.6 is 0 Å². The maximum Gasteiger partial charge on any atom is 0.256 e. The number of hydrogen-bond acceptors (Lipinski definition) is 4. The smallest absolute Gasteiger partial charge is 0.256 e. The van der Waals surface area contributed by atoms with Crippen molar-refractivity contribution in [2.75, 3.05) is 6.61 Å². The number of aryl methyl sites for hydroxylation is 2. The molecule has 1 rings (SSSR count). The number of nitrogens with two attached hydrogens (primary N) is 2. The van der Waals surface area contributed by atoms with Crippen molar-refractivity contribution in [3.8, 4) is 5.88 Å². The first-order valence-corrected chi connectivity index (χ1v) is 6.09. The third-order valence-electron chi connectivity index (χ3n) is 3.32. The average molecular weight is 254 g/mol. The molecule has 1 amide bonds. The summed E-state index contributed by atoms with van der Waals surface area (Å²) in [5, 5.41) is 4.13. The fourth-order valence-electron chi connectivity index (χ4n) is 1.75. The van der Waals surface area contributed by atoms with Gasteiger partial charge in [0, 0.05) is 12.6 Å². The fourth-order valence-corrected chi connectivity index (χ4v) is 1.75. The molecule has 102 valence electrons. The van der Waals surface area contributed by atoms with Crippen molar-refractivity contribution < 1.29 is 9.53 Å². The van der Waals surface area contributed by atoms with E-state index in [9.17, 15) is 4.79 Å². The highest BCUT2D eigenvalue weighted by Gasteiger charge is 2.25. The Kier molecular flexibility index (Phi) is 4.34. The molecule has 1 aromatic rings. The number of ether oxygens (including phenoxy) is 1. The molecule has 0 radical (unpaired) electrons. The lowest BCUT2D eigenvalue weighted by Gasteiger charge is -2.26. The van der Waals surface area contributed by atoms with Crippen molar-refractivity contribution in [2.45, 2.75) is 39.2 Å². The number of nitrogens with zero attached hydrogens (tertiary/aromatic N) is 2. The number of amides is 1. The second kappa shape index (κ2) is 5.39. The third-order valence-corrected chi connectivity index (χ3v) is 3.32. The highest BCUT2D eigenvalue weighted by molar-refractivity contribution is 5.96. The number of carbonyl (C=O) groups excluding carboxylic acids is 1. The Hall–Kier alpha value is -1.56. The Bertz CT molecular complexity index is 436. The molecule has 0 aliphatic heterocycles. The second-order valence-electron chi connectivity index (χ2n) is 4.61. The van der Waals surface area contributed by atoms with Crippen molar-refractivity contribution in [3.63, 3.8) is 0 Å². The van der Waals surface area contributed by atoms with Gasteiger partial charge >= 0.3 is 0 Å². The summed E-state index contributed by atoms with van der Waals surface area (Å²) in [7, 11) is 1.71. The molecule has 0 saturated carbocycles. The van der Waals surface area contributed by atoms with Gasteiger partial charge in [0.1, 0.15) is 12.2 Å². The van der Waals surface area contributed by atoms with Gasteiger partial charge in [-0.25, -0.2) is 4.68 Å². The summed E-state index contributed by atoms with van der Waals surface area (Å²) in [6.45, 7) is 6.08. The van der Waals surface area contributed by atoms with Crippen molar-refractivity contribution in [1.29, 1.82) is 0 Å². The zero-order valence-electron chi connectivity index (χ0n) is 11.5. The second-order valence-corrected chi connectivity index (χ2v) is 4.61. The maximum atomic E-state index is 11.4. The molecule has 0 aromatic carbocycles. The van der Waals surface area contributed by atoms with Crippen molar-refractivity contribution in [3.05, 3.63) is 11.3 Å². The van der Waals surface area contributed by atoms with Crippen molar-refractivity contribution in [1.82, 2.24) is 9.78 Å². The van der Waals surface area contributed by atoms with Crippen LogP contribution < -0.4 is 16.2 Å². The van der Waals surface area contributed by atoms with E-state index >= 15 is 0 Å². The summed E-state index contributed by atoms with van der Waals surface area (Å²) in [4.78, 5) is 11.4. The van der Waals surface area contributed by atoms with Crippen LogP contribution in [-0.4, -0.2) is 27.8 Å². The lowest BCUT2D eigenvalue weighted by atomic mass is 9.96. The Labute approximate surface area is 107 Å². The zero-order chi connectivity index (χ0) is 13.9. The summed E-state index contributed by atoms with van der Waals surface area (Å²) >= 11 is 0. The van der Waals surface area contributed by atoms with E-state index in [1.807, 2.05) is 13.8 Å². The SMILES string of the molecule is CCC(N)(CC)COc1c(C(N)=O)c(C)nn1C. The largest absolute Gasteiger partial charge is 0.475 e.